The van der Waals surface area contributed by atoms with Gasteiger partial charge in [-0.25, -0.2) is 0 Å². The summed E-state index contributed by atoms with van der Waals surface area (Å²) in [5.41, 5.74) is 2.32. The van der Waals surface area contributed by atoms with Crippen molar-refractivity contribution in [3.8, 4) is 5.75 Å². The smallest absolute Gasteiger partial charge is 0.120 e. The first-order valence-electron chi connectivity index (χ1n) is 12.9. The van der Waals surface area contributed by atoms with Crippen LogP contribution in [0.4, 0.5) is 5.69 Å². The van der Waals surface area contributed by atoms with Gasteiger partial charge < -0.3 is 19.8 Å². The molecule has 0 saturated carbocycles. The zero-order valence-corrected chi connectivity index (χ0v) is 24.0. The summed E-state index contributed by atoms with van der Waals surface area (Å²) in [5.74, 6) is 0.757. The number of aromatic nitrogens is 1. The number of hydrogen-bond acceptors (Lipinski definition) is 6. The van der Waals surface area contributed by atoms with Crippen LogP contribution in [0.1, 0.15) is 50.6 Å². The first-order chi connectivity index (χ1) is 17.9. The van der Waals surface area contributed by atoms with Crippen molar-refractivity contribution in [2.75, 3.05) is 37.7 Å². The van der Waals surface area contributed by atoms with Crippen LogP contribution >= 0.6 is 23.2 Å². The largest absolute Gasteiger partial charge is 0.493 e. The fraction of sp³-hybridized carbons (Fsp3) is 0.433. The topological polar surface area (TPSA) is 69.1 Å². The van der Waals surface area contributed by atoms with Gasteiger partial charge in [-0.15, -0.1) is 0 Å². The molecule has 0 amide bonds. The van der Waals surface area contributed by atoms with E-state index >= 15 is 0 Å². The minimum Gasteiger partial charge on any atom is -0.493 e. The standard InChI is InChI=1S/C30H37Cl2N3O3/c1-29(2,3)20-38-25-11-12-27(26(32)15-25)35-14-13-34(17-28(35)21-5-8-23(31)9-6-21)19-30(4,37)22-7-10-24(18-36)33-16-22/h5-12,15-16,28,36-37H,13-14,17-20H2,1-4H3/t28-,30+/m0/s1. The minimum atomic E-state index is -1.10. The molecular weight excluding hydrogens is 521 g/mol. The fourth-order valence-corrected chi connectivity index (χ4v) is 5.12. The lowest BCUT2D eigenvalue weighted by molar-refractivity contribution is 0.00997. The first kappa shape index (κ1) is 28.7. The summed E-state index contributed by atoms with van der Waals surface area (Å²) < 4.78 is 5.97. The molecule has 1 saturated heterocycles. The van der Waals surface area contributed by atoms with Crippen molar-refractivity contribution in [2.24, 2.45) is 5.41 Å². The fourth-order valence-electron chi connectivity index (χ4n) is 4.72. The Labute approximate surface area is 235 Å². The normalized spacial score (nSPS) is 18.3. The maximum absolute atomic E-state index is 11.3. The number of nitrogens with zero attached hydrogens (tertiary/aromatic N) is 3. The zero-order chi connectivity index (χ0) is 27.5. The molecule has 1 fully saturated rings. The highest BCUT2D eigenvalue weighted by molar-refractivity contribution is 6.33. The second kappa shape index (κ2) is 11.8. The van der Waals surface area contributed by atoms with E-state index in [4.69, 9.17) is 27.9 Å². The zero-order valence-electron chi connectivity index (χ0n) is 22.5. The van der Waals surface area contributed by atoms with Crippen molar-refractivity contribution in [1.29, 1.82) is 0 Å². The van der Waals surface area contributed by atoms with E-state index in [1.54, 1.807) is 19.2 Å². The van der Waals surface area contributed by atoms with Crippen LogP contribution in [0, 0.1) is 5.41 Å². The number of rotatable bonds is 8. The molecule has 1 aliphatic rings. The van der Waals surface area contributed by atoms with Crippen molar-refractivity contribution >= 4 is 28.9 Å². The Bertz CT molecular complexity index is 1210. The molecule has 2 atom stereocenters. The molecular formula is C30H37Cl2N3O3. The third kappa shape index (κ3) is 7.19. The van der Waals surface area contributed by atoms with Gasteiger partial charge in [0.1, 0.15) is 11.4 Å². The average Bonchev–Trinajstić information content (AvgIpc) is 2.88. The van der Waals surface area contributed by atoms with Gasteiger partial charge in [-0.05, 0) is 48.2 Å². The monoisotopic (exact) mass is 557 g/mol. The number of benzene rings is 2. The molecule has 2 N–H and O–H groups in total. The van der Waals surface area contributed by atoms with Crippen LogP contribution < -0.4 is 9.64 Å². The van der Waals surface area contributed by atoms with Gasteiger partial charge in [-0.1, -0.05) is 62.2 Å². The van der Waals surface area contributed by atoms with E-state index in [-0.39, 0.29) is 18.1 Å². The highest BCUT2D eigenvalue weighted by atomic mass is 35.5. The lowest BCUT2D eigenvalue weighted by Crippen LogP contribution is -2.52. The Kier molecular flexibility index (Phi) is 8.90. The van der Waals surface area contributed by atoms with Gasteiger partial charge in [0.05, 0.1) is 35.7 Å². The van der Waals surface area contributed by atoms with Gasteiger partial charge >= 0.3 is 0 Å². The van der Waals surface area contributed by atoms with Crippen molar-refractivity contribution < 1.29 is 14.9 Å². The highest BCUT2D eigenvalue weighted by Crippen LogP contribution is 2.38. The molecule has 8 heteroatoms. The summed E-state index contributed by atoms with van der Waals surface area (Å²) in [7, 11) is 0. The van der Waals surface area contributed by atoms with Crippen LogP contribution in [0.3, 0.4) is 0 Å². The van der Waals surface area contributed by atoms with Gasteiger partial charge in [0, 0.05) is 49.0 Å². The number of aliphatic hydroxyl groups is 2. The summed E-state index contributed by atoms with van der Waals surface area (Å²) in [6.45, 7) is 11.3. The van der Waals surface area contributed by atoms with E-state index in [0.29, 0.717) is 41.0 Å². The van der Waals surface area contributed by atoms with Crippen molar-refractivity contribution in [3.05, 3.63) is 87.7 Å². The number of halogens is 2. The minimum absolute atomic E-state index is 0.00514. The van der Waals surface area contributed by atoms with Crippen LogP contribution in [-0.4, -0.2) is 52.9 Å². The van der Waals surface area contributed by atoms with Crippen molar-refractivity contribution in [2.45, 2.75) is 45.9 Å². The Hall–Kier alpha value is -2.35. The predicted molar refractivity (Wildman–Crippen MR) is 154 cm³/mol. The summed E-state index contributed by atoms with van der Waals surface area (Å²) in [6, 6.07) is 17.4. The first-order valence-corrected chi connectivity index (χ1v) is 13.7. The van der Waals surface area contributed by atoms with Crippen LogP contribution in [0.2, 0.25) is 10.0 Å². The van der Waals surface area contributed by atoms with E-state index in [1.165, 1.54) is 0 Å². The van der Waals surface area contributed by atoms with Gasteiger partial charge in [-0.3, -0.25) is 9.88 Å². The summed E-state index contributed by atoms with van der Waals surface area (Å²) in [6.07, 6.45) is 1.64. The molecule has 1 aliphatic heterocycles. The Morgan fingerprint density at radius 3 is 2.34 bits per heavy atom. The molecule has 1 aromatic heterocycles. The Morgan fingerprint density at radius 1 is 1.00 bits per heavy atom. The van der Waals surface area contributed by atoms with Crippen LogP contribution in [0.15, 0.2) is 60.8 Å². The van der Waals surface area contributed by atoms with Crippen molar-refractivity contribution in [3.63, 3.8) is 0 Å². The Morgan fingerprint density at radius 2 is 1.74 bits per heavy atom. The van der Waals surface area contributed by atoms with Gasteiger partial charge in [0.2, 0.25) is 0 Å². The average molecular weight is 559 g/mol. The number of piperazine rings is 1. The van der Waals surface area contributed by atoms with E-state index in [1.807, 2.05) is 48.5 Å². The molecule has 204 valence electrons. The van der Waals surface area contributed by atoms with E-state index in [0.717, 1.165) is 30.1 Å². The number of ether oxygens (including phenoxy) is 1. The molecule has 38 heavy (non-hydrogen) atoms. The van der Waals surface area contributed by atoms with Gasteiger partial charge in [-0.2, -0.15) is 0 Å². The number of pyridine rings is 1. The Balaban J connectivity index is 1.56. The lowest BCUT2D eigenvalue weighted by Gasteiger charge is -2.45. The number of hydrogen-bond donors (Lipinski definition) is 2. The third-order valence-corrected chi connectivity index (χ3v) is 7.31. The van der Waals surface area contributed by atoms with E-state index < -0.39 is 5.60 Å². The molecule has 2 aromatic carbocycles. The van der Waals surface area contributed by atoms with Gasteiger partial charge in [0.25, 0.3) is 0 Å². The molecule has 3 aromatic rings. The van der Waals surface area contributed by atoms with Crippen molar-refractivity contribution in [1.82, 2.24) is 9.88 Å². The third-order valence-electron chi connectivity index (χ3n) is 6.76. The molecule has 0 aliphatic carbocycles. The molecule has 0 bridgehead atoms. The second-order valence-corrected chi connectivity index (χ2v) is 12.3. The molecule has 6 nitrogen and oxygen atoms in total. The molecule has 4 rings (SSSR count). The highest BCUT2D eigenvalue weighted by Gasteiger charge is 2.34. The van der Waals surface area contributed by atoms with E-state index in [2.05, 4.69) is 35.6 Å². The maximum Gasteiger partial charge on any atom is 0.120 e. The molecule has 0 unspecified atom stereocenters. The summed E-state index contributed by atoms with van der Waals surface area (Å²) >= 11 is 13.0. The summed E-state index contributed by atoms with van der Waals surface area (Å²) in [5, 5.41) is 22.0. The molecule has 0 radical (unpaired) electrons. The van der Waals surface area contributed by atoms with Crippen LogP contribution in [0.25, 0.3) is 0 Å². The van der Waals surface area contributed by atoms with Crippen LogP contribution in [-0.2, 0) is 12.2 Å². The number of β-amino-alcohol motifs (C(OH)–C–C–N with tert-alkyl or cyclic N) is 1. The maximum atomic E-state index is 11.3. The second-order valence-electron chi connectivity index (χ2n) is 11.4. The predicted octanol–water partition coefficient (Wildman–Crippen LogP) is 6.08. The van der Waals surface area contributed by atoms with Crippen LogP contribution in [0.5, 0.6) is 5.75 Å². The number of aliphatic hydroxyl groups excluding tert-OH is 1. The summed E-state index contributed by atoms with van der Waals surface area (Å²) in [4.78, 5) is 8.84. The van der Waals surface area contributed by atoms with E-state index in [9.17, 15) is 10.2 Å². The quantitative estimate of drug-likeness (QED) is 0.350. The molecule has 0 spiro atoms. The number of anilines is 1. The lowest BCUT2D eigenvalue weighted by atomic mass is 9.95. The molecule has 2 heterocycles. The van der Waals surface area contributed by atoms with Gasteiger partial charge in [0.15, 0.2) is 0 Å². The SMILES string of the molecule is CC(C)(C)COc1ccc(N2CCN(C[C@@](C)(O)c3ccc(CO)nc3)C[C@H]2c2ccc(Cl)cc2)c(Cl)c1.